The Balaban J connectivity index is 2.63. The lowest BCUT2D eigenvalue weighted by Crippen LogP contribution is -2.26. The van der Waals surface area contributed by atoms with Crippen LogP contribution in [0.15, 0.2) is 11.7 Å². The van der Waals surface area contributed by atoms with Crippen LogP contribution in [0, 0.1) is 5.92 Å². The van der Waals surface area contributed by atoms with Gasteiger partial charge < -0.3 is 5.32 Å². The predicted molar refractivity (Wildman–Crippen MR) is 62.6 cm³/mol. The van der Waals surface area contributed by atoms with E-state index in [0.717, 1.165) is 6.54 Å². The maximum atomic E-state index is 4.15. The molecule has 2 nitrogen and oxygen atoms in total. The summed E-state index contributed by atoms with van der Waals surface area (Å²) in [5, 5.41) is 3.54. The van der Waals surface area contributed by atoms with E-state index in [-0.39, 0.29) is 0 Å². The summed E-state index contributed by atoms with van der Waals surface area (Å²) >= 11 is 1.75. The second-order valence-electron chi connectivity index (χ2n) is 3.71. The highest BCUT2D eigenvalue weighted by Gasteiger charge is 2.18. The minimum absolute atomic E-state index is 0.493. The lowest BCUT2D eigenvalue weighted by molar-refractivity contribution is 0.373. The minimum Gasteiger partial charge on any atom is -0.309 e. The van der Waals surface area contributed by atoms with Crippen LogP contribution in [-0.2, 0) is 0 Å². The normalized spacial score (nSPS) is 15.4. The smallest absolute Gasteiger partial charge is 0.0794 e. The Morgan fingerprint density at radius 1 is 1.50 bits per heavy atom. The molecule has 2 unspecified atom stereocenters. The molecule has 1 aromatic rings. The standard InChI is InChI=1S/C11H20N2S/c1-4-6-9(3)11(13-5-2)10-7-12-8-14-10/h7-9,11,13H,4-6H2,1-3H3. The van der Waals surface area contributed by atoms with Crippen LogP contribution in [-0.4, -0.2) is 11.5 Å². The highest BCUT2D eigenvalue weighted by atomic mass is 32.1. The molecule has 3 heteroatoms. The van der Waals surface area contributed by atoms with Gasteiger partial charge in [0.1, 0.15) is 0 Å². The van der Waals surface area contributed by atoms with Crippen molar-refractivity contribution in [1.82, 2.24) is 10.3 Å². The molecule has 0 spiro atoms. The Hall–Kier alpha value is -0.410. The van der Waals surface area contributed by atoms with Crippen molar-refractivity contribution < 1.29 is 0 Å². The van der Waals surface area contributed by atoms with Crippen molar-refractivity contribution in [2.75, 3.05) is 6.54 Å². The quantitative estimate of drug-likeness (QED) is 0.783. The van der Waals surface area contributed by atoms with E-state index in [4.69, 9.17) is 0 Å². The average Bonchev–Trinajstić information content (AvgIpc) is 2.67. The summed E-state index contributed by atoms with van der Waals surface area (Å²) in [6, 6.07) is 0.493. The number of hydrogen-bond acceptors (Lipinski definition) is 3. The van der Waals surface area contributed by atoms with Crippen molar-refractivity contribution in [1.29, 1.82) is 0 Å². The van der Waals surface area contributed by atoms with Gasteiger partial charge in [0.05, 0.1) is 5.51 Å². The van der Waals surface area contributed by atoms with E-state index in [1.54, 1.807) is 11.3 Å². The van der Waals surface area contributed by atoms with Gasteiger partial charge in [0.25, 0.3) is 0 Å². The van der Waals surface area contributed by atoms with Crippen molar-refractivity contribution >= 4 is 11.3 Å². The van der Waals surface area contributed by atoms with E-state index < -0.39 is 0 Å². The van der Waals surface area contributed by atoms with Gasteiger partial charge >= 0.3 is 0 Å². The van der Waals surface area contributed by atoms with E-state index in [2.05, 4.69) is 31.1 Å². The number of rotatable bonds is 6. The van der Waals surface area contributed by atoms with E-state index in [1.807, 2.05) is 11.7 Å². The van der Waals surface area contributed by atoms with E-state index in [0.29, 0.717) is 12.0 Å². The van der Waals surface area contributed by atoms with Crippen LogP contribution in [0.25, 0.3) is 0 Å². The van der Waals surface area contributed by atoms with Crippen LogP contribution in [0.3, 0.4) is 0 Å². The Morgan fingerprint density at radius 2 is 2.29 bits per heavy atom. The summed E-state index contributed by atoms with van der Waals surface area (Å²) in [6.07, 6.45) is 4.52. The van der Waals surface area contributed by atoms with Crippen LogP contribution in [0.5, 0.6) is 0 Å². The van der Waals surface area contributed by atoms with Gasteiger partial charge in [-0.05, 0) is 18.9 Å². The first-order chi connectivity index (χ1) is 6.79. The minimum atomic E-state index is 0.493. The molecule has 0 amide bonds. The van der Waals surface area contributed by atoms with Gasteiger partial charge in [-0.25, -0.2) is 0 Å². The number of aromatic nitrogens is 1. The molecular formula is C11H20N2S. The molecule has 0 saturated heterocycles. The topological polar surface area (TPSA) is 24.9 Å². The second kappa shape index (κ2) is 6.14. The van der Waals surface area contributed by atoms with Crippen molar-refractivity contribution in [3.8, 4) is 0 Å². The molecule has 0 aliphatic rings. The van der Waals surface area contributed by atoms with Gasteiger partial charge in [-0.15, -0.1) is 11.3 Å². The summed E-state index contributed by atoms with van der Waals surface area (Å²) in [7, 11) is 0. The zero-order chi connectivity index (χ0) is 10.4. The number of thiazole rings is 1. The summed E-state index contributed by atoms with van der Waals surface area (Å²) in [6.45, 7) is 7.74. The first kappa shape index (κ1) is 11.7. The maximum Gasteiger partial charge on any atom is 0.0794 e. The second-order valence-corrected chi connectivity index (χ2v) is 4.62. The fourth-order valence-corrected chi connectivity index (χ4v) is 2.63. The molecule has 2 atom stereocenters. The largest absolute Gasteiger partial charge is 0.309 e. The van der Waals surface area contributed by atoms with E-state index in [1.165, 1.54) is 17.7 Å². The Bertz CT molecular complexity index is 233. The summed E-state index contributed by atoms with van der Waals surface area (Å²) in [4.78, 5) is 5.51. The maximum absolute atomic E-state index is 4.15. The molecule has 0 fully saturated rings. The number of nitrogens with one attached hydrogen (secondary N) is 1. The van der Waals surface area contributed by atoms with Crippen molar-refractivity contribution in [2.24, 2.45) is 5.92 Å². The molecule has 0 aromatic carbocycles. The molecule has 0 aliphatic heterocycles. The third kappa shape index (κ3) is 3.07. The van der Waals surface area contributed by atoms with Gasteiger partial charge in [-0.1, -0.05) is 27.2 Å². The average molecular weight is 212 g/mol. The molecule has 14 heavy (non-hydrogen) atoms. The number of hydrogen-bond donors (Lipinski definition) is 1. The van der Waals surface area contributed by atoms with Crippen molar-refractivity contribution in [3.63, 3.8) is 0 Å². The third-order valence-electron chi connectivity index (χ3n) is 2.50. The van der Waals surface area contributed by atoms with Gasteiger partial charge in [0, 0.05) is 17.1 Å². The summed E-state index contributed by atoms with van der Waals surface area (Å²) < 4.78 is 0. The van der Waals surface area contributed by atoms with Crippen LogP contribution in [0.2, 0.25) is 0 Å². The van der Waals surface area contributed by atoms with Crippen molar-refractivity contribution in [2.45, 2.75) is 39.7 Å². The molecule has 1 rings (SSSR count). The number of nitrogens with zero attached hydrogens (tertiary/aromatic N) is 1. The molecule has 0 saturated carbocycles. The highest BCUT2D eigenvalue weighted by Crippen LogP contribution is 2.27. The Morgan fingerprint density at radius 3 is 2.79 bits per heavy atom. The van der Waals surface area contributed by atoms with Crippen molar-refractivity contribution in [3.05, 3.63) is 16.6 Å². The zero-order valence-corrected chi connectivity index (χ0v) is 10.1. The molecule has 80 valence electrons. The van der Waals surface area contributed by atoms with Gasteiger partial charge in [-0.3, -0.25) is 4.98 Å². The van der Waals surface area contributed by atoms with Crippen LogP contribution in [0.4, 0.5) is 0 Å². The molecule has 0 radical (unpaired) electrons. The van der Waals surface area contributed by atoms with Gasteiger partial charge in [0.15, 0.2) is 0 Å². The molecule has 1 aromatic heterocycles. The van der Waals surface area contributed by atoms with Gasteiger partial charge in [-0.2, -0.15) is 0 Å². The van der Waals surface area contributed by atoms with E-state index in [9.17, 15) is 0 Å². The Kier molecular flexibility index (Phi) is 5.12. The molecule has 0 bridgehead atoms. The van der Waals surface area contributed by atoms with Crippen LogP contribution in [0.1, 0.15) is 44.5 Å². The van der Waals surface area contributed by atoms with Crippen LogP contribution >= 0.6 is 11.3 Å². The molecule has 1 N–H and O–H groups in total. The zero-order valence-electron chi connectivity index (χ0n) is 9.29. The highest BCUT2D eigenvalue weighted by molar-refractivity contribution is 7.09. The lowest BCUT2D eigenvalue weighted by Gasteiger charge is -2.22. The fourth-order valence-electron chi connectivity index (χ4n) is 1.80. The SMILES string of the molecule is CCCC(C)C(NCC)c1cncs1. The first-order valence-corrected chi connectivity index (χ1v) is 6.29. The molecular weight excluding hydrogens is 192 g/mol. The van der Waals surface area contributed by atoms with Crippen LogP contribution < -0.4 is 5.32 Å². The molecule has 0 aliphatic carbocycles. The van der Waals surface area contributed by atoms with E-state index >= 15 is 0 Å². The van der Waals surface area contributed by atoms with Gasteiger partial charge in [0.2, 0.25) is 0 Å². The fraction of sp³-hybridized carbons (Fsp3) is 0.727. The third-order valence-corrected chi connectivity index (χ3v) is 3.35. The monoisotopic (exact) mass is 212 g/mol. The molecule has 1 heterocycles. The lowest BCUT2D eigenvalue weighted by atomic mass is 9.96. The predicted octanol–water partition coefficient (Wildman–Crippen LogP) is 3.23. The summed E-state index contributed by atoms with van der Waals surface area (Å²) in [5.41, 5.74) is 1.92. The Labute approximate surface area is 90.8 Å². The first-order valence-electron chi connectivity index (χ1n) is 5.41. The summed E-state index contributed by atoms with van der Waals surface area (Å²) in [5.74, 6) is 0.695.